The van der Waals surface area contributed by atoms with Gasteiger partial charge in [-0.15, -0.1) is 0 Å². The second-order valence-corrected chi connectivity index (χ2v) is 9.83. The molecule has 9 heteroatoms. The number of carbonyl (C=O) groups is 4. The summed E-state index contributed by atoms with van der Waals surface area (Å²) in [4.78, 5) is 51.8. The lowest BCUT2D eigenvalue weighted by Gasteiger charge is -2.34. The lowest BCUT2D eigenvalue weighted by Crippen LogP contribution is -2.53. The van der Waals surface area contributed by atoms with Crippen molar-refractivity contribution < 1.29 is 29.0 Å². The van der Waals surface area contributed by atoms with E-state index in [2.05, 4.69) is 17.4 Å². The molecule has 3 rings (SSSR count). The summed E-state index contributed by atoms with van der Waals surface area (Å²) in [6, 6.07) is 14.9. The number of hydrogen-bond donors (Lipinski definition) is 2. The Labute approximate surface area is 211 Å². The summed E-state index contributed by atoms with van der Waals surface area (Å²) < 4.78 is 5.53. The van der Waals surface area contributed by atoms with E-state index in [1.54, 1.807) is 13.8 Å². The van der Waals surface area contributed by atoms with Crippen molar-refractivity contribution in [1.82, 2.24) is 15.1 Å². The van der Waals surface area contributed by atoms with E-state index in [1.807, 2.05) is 36.4 Å². The molecule has 3 amide bonds. The van der Waals surface area contributed by atoms with Crippen molar-refractivity contribution in [3.8, 4) is 11.1 Å². The summed E-state index contributed by atoms with van der Waals surface area (Å²) >= 11 is 0. The average Bonchev–Trinajstić information content (AvgIpc) is 3.17. The lowest BCUT2D eigenvalue weighted by atomic mass is 9.90. The molecule has 0 heterocycles. The molecule has 2 aromatic rings. The van der Waals surface area contributed by atoms with Crippen LogP contribution in [0.5, 0.6) is 0 Å². The SMILES string of the molecule is CN(C)C(=O)[C@H](CC(=O)O)N(C)C(=O)C(C)(C)CNC(=O)OCC1c2ccccc2-c2ccccc21. The Morgan fingerprint density at radius 3 is 2.00 bits per heavy atom. The van der Waals surface area contributed by atoms with Gasteiger partial charge in [0.1, 0.15) is 12.6 Å². The summed E-state index contributed by atoms with van der Waals surface area (Å²) in [5, 5.41) is 11.9. The highest BCUT2D eigenvalue weighted by Crippen LogP contribution is 2.44. The standard InChI is InChI=1S/C27H33N3O6/c1-27(2,25(34)30(5)22(14-23(31)32)24(33)29(3)4)16-28-26(35)36-15-21-19-12-8-6-10-17(19)18-11-7-9-13-20(18)21/h6-13,21-22H,14-16H2,1-5H3,(H,28,35)(H,31,32)/t22-/m0/s1. The lowest BCUT2D eigenvalue weighted by molar-refractivity contribution is -0.152. The third kappa shape index (κ3) is 5.67. The number of nitrogens with zero attached hydrogens (tertiary/aromatic N) is 2. The van der Waals surface area contributed by atoms with Crippen LogP contribution < -0.4 is 5.32 Å². The van der Waals surface area contributed by atoms with Gasteiger partial charge in [0.15, 0.2) is 0 Å². The third-order valence-electron chi connectivity index (χ3n) is 6.48. The number of benzene rings is 2. The van der Waals surface area contributed by atoms with Crippen molar-refractivity contribution in [3.63, 3.8) is 0 Å². The number of alkyl carbamates (subject to hydrolysis) is 1. The Morgan fingerprint density at radius 2 is 1.50 bits per heavy atom. The van der Waals surface area contributed by atoms with E-state index < -0.39 is 41.8 Å². The zero-order valence-electron chi connectivity index (χ0n) is 21.3. The maximum atomic E-state index is 13.1. The quantitative estimate of drug-likeness (QED) is 0.553. The number of carboxylic acid groups (broad SMARTS) is 1. The summed E-state index contributed by atoms with van der Waals surface area (Å²) in [6.45, 7) is 3.33. The molecule has 0 saturated carbocycles. The Hall–Kier alpha value is -3.88. The predicted octanol–water partition coefficient (Wildman–Crippen LogP) is 2.94. The number of carbonyl (C=O) groups excluding carboxylic acids is 3. The first-order valence-electron chi connectivity index (χ1n) is 11.7. The molecule has 1 atom stereocenters. The van der Waals surface area contributed by atoms with Crippen molar-refractivity contribution in [3.05, 3.63) is 59.7 Å². The van der Waals surface area contributed by atoms with E-state index in [0.717, 1.165) is 27.2 Å². The van der Waals surface area contributed by atoms with Crippen molar-refractivity contribution in [2.75, 3.05) is 34.3 Å². The minimum Gasteiger partial charge on any atom is -0.481 e. The van der Waals surface area contributed by atoms with Crippen molar-refractivity contribution in [2.45, 2.75) is 32.2 Å². The molecule has 0 fully saturated rings. The highest BCUT2D eigenvalue weighted by atomic mass is 16.5. The number of ether oxygens (including phenoxy) is 1. The number of nitrogens with one attached hydrogen (secondary N) is 1. The molecule has 2 aromatic carbocycles. The Balaban J connectivity index is 1.61. The summed E-state index contributed by atoms with van der Waals surface area (Å²) in [5.41, 5.74) is 3.33. The van der Waals surface area contributed by atoms with Crippen LogP contribution in [0.4, 0.5) is 4.79 Å². The van der Waals surface area contributed by atoms with Gasteiger partial charge in [0.25, 0.3) is 0 Å². The number of carboxylic acids is 1. The molecule has 0 aliphatic heterocycles. The molecule has 36 heavy (non-hydrogen) atoms. The molecule has 0 radical (unpaired) electrons. The Kier molecular flexibility index (Phi) is 8.02. The van der Waals surface area contributed by atoms with Crippen LogP contribution in [-0.4, -0.2) is 79.1 Å². The monoisotopic (exact) mass is 495 g/mol. The Bertz CT molecular complexity index is 1110. The van der Waals surface area contributed by atoms with Gasteiger partial charge in [-0.25, -0.2) is 4.79 Å². The normalized spacial score (nSPS) is 13.2. The first-order valence-corrected chi connectivity index (χ1v) is 11.7. The highest BCUT2D eigenvalue weighted by Gasteiger charge is 2.38. The van der Waals surface area contributed by atoms with E-state index in [-0.39, 0.29) is 19.1 Å². The van der Waals surface area contributed by atoms with Gasteiger partial charge in [0, 0.05) is 33.6 Å². The zero-order valence-corrected chi connectivity index (χ0v) is 21.3. The number of aliphatic carboxylic acids is 1. The van der Waals surface area contributed by atoms with Crippen LogP contribution in [0.15, 0.2) is 48.5 Å². The van der Waals surface area contributed by atoms with Gasteiger partial charge in [-0.3, -0.25) is 14.4 Å². The van der Waals surface area contributed by atoms with E-state index in [4.69, 9.17) is 4.74 Å². The fourth-order valence-corrected chi connectivity index (χ4v) is 4.49. The summed E-state index contributed by atoms with van der Waals surface area (Å²) in [7, 11) is 4.39. The molecule has 0 saturated heterocycles. The van der Waals surface area contributed by atoms with Crippen LogP contribution in [0.25, 0.3) is 11.1 Å². The number of rotatable bonds is 9. The van der Waals surface area contributed by atoms with Crippen LogP contribution >= 0.6 is 0 Å². The summed E-state index contributed by atoms with van der Waals surface area (Å²) in [5.74, 6) is -2.24. The van der Waals surface area contributed by atoms with Gasteiger partial charge < -0.3 is 25.0 Å². The van der Waals surface area contributed by atoms with Gasteiger partial charge in [-0.05, 0) is 36.1 Å². The molecule has 1 aliphatic rings. The van der Waals surface area contributed by atoms with E-state index in [0.29, 0.717) is 0 Å². The smallest absolute Gasteiger partial charge is 0.407 e. The highest BCUT2D eigenvalue weighted by molar-refractivity contribution is 5.92. The van der Waals surface area contributed by atoms with Gasteiger partial charge >= 0.3 is 12.1 Å². The molecule has 0 unspecified atom stereocenters. The van der Waals surface area contributed by atoms with Crippen molar-refractivity contribution in [1.29, 1.82) is 0 Å². The van der Waals surface area contributed by atoms with Crippen LogP contribution in [0.1, 0.15) is 37.3 Å². The van der Waals surface area contributed by atoms with Crippen LogP contribution in [-0.2, 0) is 19.1 Å². The number of hydrogen-bond acceptors (Lipinski definition) is 5. The molecule has 9 nitrogen and oxygen atoms in total. The molecular weight excluding hydrogens is 462 g/mol. The molecule has 0 bridgehead atoms. The van der Waals surface area contributed by atoms with E-state index in [1.165, 1.54) is 26.0 Å². The van der Waals surface area contributed by atoms with Gasteiger partial charge in [0.2, 0.25) is 11.8 Å². The number of fused-ring (bicyclic) bond motifs is 3. The first-order chi connectivity index (χ1) is 16.9. The molecule has 192 valence electrons. The number of likely N-dealkylation sites (N-methyl/N-ethyl adjacent to an activating group) is 2. The van der Waals surface area contributed by atoms with Gasteiger partial charge in [-0.2, -0.15) is 0 Å². The summed E-state index contributed by atoms with van der Waals surface area (Å²) in [6.07, 6.45) is -1.18. The van der Waals surface area contributed by atoms with E-state index >= 15 is 0 Å². The molecular formula is C27H33N3O6. The molecule has 0 aromatic heterocycles. The molecule has 0 spiro atoms. The fourth-order valence-electron chi connectivity index (χ4n) is 4.49. The maximum Gasteiger partial charge on any atom is 0.407 e. The predicted molar refractivity (Wildman–Crippen MR) is 134 cm³/mol. The molecule has 1 aliphatic carbocycles. The van der Waals surface area contributed by atoms with E-state index in [9.17, 15) is 24.3 Å². The Morgan fingerprint density at radius 1 is 0.972 bits per heavy atom. The fraction of sp³-hybridized carbons (Fsp3) is 0.407. The zero-order chi connectivity index (χ0) is 26.6. The second kappa shape index (κ2) is 10.8. The molecule has 2 N–H and O–H groups in total. The number of amides is 3. The third-order valence-corrected chi connectivity index (χ3v) is 6.48. The second-order valence-electron chi connectivity index (χ2n) is 9.83. The minimum absolute atomic E-state index is 0.0528. The van der Waals surface area contributed by atoms with Crippen molar-refractivity contribution >= 4 is 23.9 Å². The van der Waals surface area contributed by atoms with Gasteiger partial charge in [0.05, 0.1) is 11.8 Å². The maximum absolute atomic E-state index is 13.1. The van der Waals surface area contributed by atoms with Gasteiger partial charge in [-0.1, -0.05) is 48.5 Å². The first kappa shape index (κ1) is 26.7. The van der Waals surface area contributed by atoms with Crippen molar-refractivity contribution in [2.24, 2.45) is 5.41 Å². The minimum atomic E-state index is -1.19. The van der Waals surface area contributed by atoms with Crippen LogP contribution in [0.3, 0.4) is 0 Å². The topological polar surface area (TPSA) is 116 Å². The average molecular weight is 496 g/mol. The van der Waals surface area contributed by atoms with Crippen LogP contribution in [0, 0.1) is 5.41 Å². The van der Waals surface area contributed by atoms with Crippen LogP contribution in [0.2, 0.25) is 0 Å². The largest absolute Gasteiger partial charge is 0.481 e.